The summed E-state index contributed by atoms with van der Waals surface area (Å²) in [6, 6.07) is 12.6. The number of aliphatic carboxylic acids is 1. The highest BCUT2D eigenvalue weighted by Crippen LogP contribution is 2.45. The summed E-state index contributed by atoms with van der Waals surface area (Å²) in [6.07, 6.45) is 1.37. The number of ether oxygens (including phenoxy) is 2. The van der Waals surface area contributed by atoms with Crippen LogP contribution in [0.1, 0.15) is 76.4 Å². The number of rotatable bonds is 7. The molecule has 5 nitrogen and oxygen atoms in total. The molecule has 1 aliphatic heterocycles. The van der Waals surface area contributed by atoms with E-state index in [1.165, 1.54) is 6.07 Å². The van der Waals surface area contributed by atoms with Crippen molar-refractivity contribution >= 4 is 11.8 Å². The number of carbonyl (C=O) groups is 2. The lowest BCUT2D eigenvalue weighted by Crippen LogP contribution is -2.07. The maximum Gasteiger partial charge on any atom is 0.304 e. The van der Waals surface area contributed by atoms with Crippen molar-refractivity contribution in [3.05, 3.63) is 81.7 Å². The van der Waals surface area contributed by atoms with Gasteiger partial charge in [-0.2, -0.15) is 0 Å². The predicted octanol–water partition coefficient (Wildman–Crippen LogP) is 6.72. The number of Topliss-reactive ketones (excluding diaryl/α,β-unsaturated/α-hetero) is 1. The molecule has 186 valence electrons. The maximum atomic E-state index is 15.1. The van der Waals surface area contributed by atoms with Crippen LogP contribution >= 0.6 is 0 Å². The lowest BCUT2D eigenvalue weighted by Gasteiger charge is -2.19. The SMILES string of the molecule is CCC(=O)c1cc(C)c(-c2ccc(F)c3c2CC[C@H]3Oc2ccc3c(c2)OC[C@H]3CC(=O)O)c(C)c1. The molecule has 0 spiro atoms. The molecule has 0 radical (unpaired) electrons. The quantitative estimate of drug-likeness (QED) is 0.374. The van der Waals surface area contributed by atoms with Crippen molar-refractivity contribution in [2.24, 2.45) is 0 Å². The number of hydrogen-bond donors (Lipinski definition) is 1. The highest BCUT2D eigenvalue weighted by atomic mass is 19.1. The lowest BCUT2D eigenvalue weighted by molar-refractivity contribution is -0.137. The van der Waals surface area contributed by atoms with Gasteiger partial charge in [0.05, 0.1) is 13.0 Å². The monoisotopic (exact) mass is 488 g/mol. The molecule has 0 aromatic heterocycles. The number of carboxylic acids is 1. The molecular formula is C30H29FO5. The fraction of sp³-hybridized carbons (Fsp3) is 0.333. The average Bonchev–Trinajstić information content (AvgIpc) is 3.44. The zero-order valence-electron chi connectivity index (χ0n) is 20.7. The molecule has 3 aromatic rings. The first-order valence-corrected chi connectivity index (χ1v) is 12.4. The molecule has 36 heavy (non-hydrogen) atoms. The molecule has 0 fully saturated rings. The minimum Gasteiger partial charge on any atom is -0.492 e. The van der Waals surface area contributed by atoms with Crippen molar-refractivity contribution in [2.75, 3.05) is 6.61 Å². The predicted molar refractivity (Wildman–Crippen MR) is 135 cm³/mol. The number of hydrogen-bond acceptors (Lipinski definition) is 4. The van der Waals surface area contributed by atoms with Gasteiger partial charge in [-0.1, -0.05) is 19.1 Å². The van der Waals surface area contributed by atoms with E-state index in [0.29, 0.717) is 48.5 Å². The van der Waals surface area contributed by atoms with Gasteiger partial charge < -0.3 is 14.6 Å². The van der Waals surface area contributed by atoms with Gasteiger partial charge in [0.25, 0.3) is 0 Å². The van der Waals surface area contributed by atoms with Crippen LogP contribution in [0.3, 0.4) is 0 Å². The van der Waals surface area contributed by atoms with E-state index in [9.17, 15) is 9.59 Å². The Bertz CT molecular complexity index is 1350. The van der Waals surface area contributed by atoms with Crippen molar-refractivity contribution in [1.82, 2.24) is 0 Å². The van der Waals surface area contributed by atoms with Gasteiger partial charge >= 0.3 is 5.97 Å². The fourth-order valence-electron chi connectivity index (χ4n) is 5.65. The largest absolute Gasteiger partial charge is 0.492 e. The van der Waals surface area contributed by atoms with E-state index < -0.39 is 12.1 Å². The molecule has 5 rings (SSSR count). The molecule has 1 aliphatic carbocycles. The van der Waals surface area contributed by atoms with Crippen molar-refractivity contribution in [3.8, 4) is 22.6 Å². The number of aryl methyl sites for hydroxylation is 2. The summed E-state index contributed by atoms with van der Waals surface area (Å²) in [7, 11) is 0. The molecule has 0 unspecified atom stereocenters. The van der Waals surface area contributed by atoms with Gasteiger partial charge in [-0.05, 0) is 78.8 Å². The van der Waals surface area contributed by atoms with Crippen LogP contribution in [0.15, 0.2) is 42.5 Å². The minimum absolute atomic E-state index is 0.0175. The molecule has 0 saturated carbocycles. The van der Waals surface area contributed by atoms with Gasteiger partial charge in [0.15, 0.2) is 5.78 Å². The van der Waals surface area contributed by atoms with E-state index in [1.54, 1.807) is 12.1 Å². The molecule has 0 amide bonds. The Hall–Kier alpha value is -3.67. The third kappa shape index (κ3) is 4.25. The summed E-state index contributed by atoms with van der Waals surface area (Å²) in [6.45, 7) is 6.18. The second-order valence-electron chi connectivity index (χ2n) is 9.70. The van der Waals surface area contributed by atoms with Crippen molar-refractivity contribution in [2.45, 2.75) is 58.5 Å². The van der Waals surface area contributed by atoms with Gasteiger partial charge in [0, 0.05) is 35.1 Å². The van der Waals surface area contributed by atoms with E-state index >= 15 is 4.39 Å². The summed E-state index contributed by atoms with van der Waals surface area (Å²) < 4.78 is 27.1. The number of halogens is 1. The second-order valence-corrected chi connectivity index (χ2v) is 9.70. The normalized spacial score (nSPS) is 17.9. The molecule has 1 heterocycles. The number of benzene rings is 3. The van der Waals surface area contributed by atoms with Crippen LogP contribution in [-0.4, -0.2) is 23.5 Å². The Kier molecular flexibility index (Phi) is 6.29. The zero-order chi connectivity index (χ0) is 25.6. The number of fused-ring (bicyclic) bond motifs is 2. The Morgan fingerprint density at radius 3 is 2.56 bits per heavy atom. The van der Waals surface area contributed by atoms with E-state index in [-0.39, 0.29) is 23.9 Å². The van der Waals surface area contributed by atoms with Gasteiger partial charge in [0.2, 0.25) is 0 Å². The molecule has 6 heteroatoms. The first-order chi connectivity index (χ1) is 17.3. The van der Waals surface area contributed by atoms with Crippen molar-refractivity contribution in [1.29, 1.82) is 0 Å². The van der Waals surface area contributed by atoms with Gasteiger partial charge in [-0.3, -0.25) is 9.59 Å². The highest BCUT2D eigenvalue weighted by molar-refractivity contribution is 5.97. The Morgan fingerprint density at radius 2 is 1.86 bits per heavy atom. The summed E-state index contributed by atoms with van der Waals surface area (Å²) in [4.78, 5) is 23.4. The summed E-state index contributed by atoms with van der Waals surface area (Å²) in [5.41, 5.74) is 7.10. The maximum absolute atomic E-state index is 15.1. The molecule has 3 aromatic carbocycles. The summed E-state index contributed by atoms with van der Waals surface area (Å²) in [5, 5.41) is 9.12. The highest BCUT2D eigenvalue weighted by Gasteiger charge is 2.32. The van der Waals surface area contributed by atoms with Gasteiger partial charge in [0.1, 0.15) is 23.4 Å². The second kappa shape index (κ2) is 9.41. The molecule has 2 atom stereocenters. The summed E-state index contributed by atoms with van der Waals surface area (Å²) in [5.74, 6) is -0.0188. The van der Waals surface area contributed by atoms with Crippen LogP contribution in [-0.2, 0) is 11.2 Å². The molecular weight excluding hydrogens is 459 g/mol. The number of ketones is 1. The van der Waals surface area contributed by atoms with Crippen LogP contribution in [0.2, 0.25) is 0 Å². The van der Waals surface area contributed by atoms with Gasteiger partial charge in [-0.15, -0.1) is 0 Å². The van der Waals surface area contributed by atoms with Crippen LogP contribution in [0.4, 0.5) is 4.39 Å². The first kappa shape index (κ1) is 24.0. The number of carboxylic acid groups (broad SMARTS) is 1. The molecule has 2 aliphatic rings. The smallest absolute Gasteiger partial charge is 0.304 e. The molecule has 0 saturated heterocycles. The van der Waals surface area contributed by atoms with E-state index in [4.69, 9.17) is 14.6 Å². The fourth-order valence-corrected chi connectivity index (χ4v) is 5.65. The summed E-state index contributed by atoms with van der Waals surface area (Å²) >= 11 is 0. The van der Waals surface area contributed by atoms with Crippen molar-refractivity contribution in [3.63, 3.8) is 0 Å². The Labute approximate surface area is 209 Å². The Morgan fingerprint density at radius 1 is 1.11 bits per heavy atom. The van der Waals surface area contributed by atoms with Crippen LogP contribution in [0.25, 0.3) is 11.1 Å². The Balaban J connectivity index is 1.46. The van der Waals surface area contributed by atoms with Crippen molar-refractivity contribution < 1.29 is 28.6 Å². The third-order valence-corrected chi connectivity index (χ3v) is 7.29. The zero-order valence-corrected chi connectivity index (χ0v) is 20.7. The third-order valence-electron chi connectivity index (χ3n) is 7.29. The molecule has 0 bridgehead atoms. The van der Waals surface area contributed by atoms with Crippen LogP contribution < -0.4 is 9.47 Å². The standard InChI is InChI=1S/C30H29FO5/c1-4-25(32)18-11-16(2)29(17(3)12-18)22-7-9-24(31)30-23(22)8-10-26(30)36-20-5-6-21-19(13-28(33)34)15-35-27(21)14-20/h5-7,9,11-12,14,19,26H,4,8,10,13,15H2,1-3H3,(H,33,34)/t19-,26-/m1/s1. The van der Waals surface area contributed by atoms with E-state index in [1.807, 2.05) is 45.0 Å². The van der Waals surface area contributed by atoms with Crippen LogP contribution in [0, 0.1) is 19.7 Å². The minimum atomic E-state index is -0.859. The lowest BCUT2D eigenvalue weighted by atomic mass is 9.88. The van der Waals surface area contributed by atoms with Gasteiger partial charge in [-0.25, -0.2) is 4.39 Å². The topological polar surface area (TPSA) is 72.8 Å². The van der Waals surface area contributed by atoms with E-state index in [2.05, 4.69) is 0 Å². The average molecular weight is 489 g/mol. The van der Waals surface area contributed by atoms with Crippen LogP contribution in [0.5, 0.6) is 11.5 Å². The van der Waals surface area contributed by atoms with E-state index in [0.717, 1.165) is 33.4 Å². The number of carbonyl (C=O) groups excluding carboxylic acids is 1. The first-order valence-electron chi connectivity index (χ1n) is 12.4. The molecule has 1 N–H and O–H groups in total.